The zero-order valence-electron chi connectivity index (χ0n) is 7.96. The first-order valence-corrected chi connectivity index (χ1v) is 4.73. The topological polar surface area (TPSA) is 43.0 Å². The van der Waals surface area contributed by atoms with Crippen molar-refractivity contribution in [2.45, 2.75) is 45.8 Å². The van der Waals surface area contributed by atoms with Gasteiger partial charge in [-0.05, 0) is 29.6 Å². The molecule has 4 atom stereocenters. The summed E-state index contributed by atoms with van der Waals surface area (Å²) in [5, 5.41) is 23.2. The van der Waals surface area contributed by atoms with Gasteiger partial charge in [0.15, 0.2) is 0 Å². The molecule has 12 heavy (non-hydrogen) atoms. The maximum absolute atomic E-state index is 11.7. The Bertz CT molecular complexity index is 212. The molecule has 2 fully saturated rings. The molecule has 0 N–H and O–H groups in total. The lowest BCUT2D eigenvalue weighted by Crippen LogP contribution is -2.48. The molecule has 0 aromatic carbocycles. The summed E-state index contributed by atoms with van der Waals surface area (Å²) in [6.07, 6.45) is 0.207. The van der Waals surface area contributed by atoms with Gasteiger partial charge in [-0.3, -0.25) is 0 Å². The highest BCUT2D eigenvalue weighted by molar-refractivity contribution is 5.14. The molecule has 2 aliphatic carbocycles. The van der Waals surface area contributed by atoms with Crippen LogP contribution in [0.15, 0.2) is 0 Å². The summed E-state index contributed by atoms with van der Waals surface area (Å²) in [5.74, 6) is 0.130. The summed E-state index contributed by atoms with van der Waals surface area (Å²) in [6.45, 7) is 6.18. The predicted octanol–water partition coefficient (Wildman–Crippen LogP) is 0.970. The molecule has 2 nitrogen and oxygen atoms in total. The molecule has 0 heterocycles. The first-order chi connectivity index (χ1) is 5.41. The van der Waals surface area contributed by atoms with Gasteiger partial charge in [-0.25, -0.2) is 5.11 Å². The average molecular weight is 168 g/mol. The summed E-state index contributed by atoms with van der Waals surface area (Å²) in [5.41, 5.74) is -0.254. The number of hydrogen-bond donors (Lipinski definition) is 0. The molecule has 2 aliphatic rings. The van der Waals surface area contributed by atoms with Crippen LogP contribution in [0.4, 0.5) is 0 Å². The highest BCUT2D eigenvalue weighted by Crippen LogP contribution is 2.64. The second kappa shape index (κ2) is 2.05. The molecule has 2 saturated carbocycles. The zero-order valence-corrected chi connectivity index (χ0v) is 7.96. The highest BCUT2D eigenvalue weighted by Gasteiger charge is 2.62. The quantitative estimate of drug-likeness (QED) is 0.531. The molecule has 2 unspecified atom stereocenters. The summed E-state index contributed by atoms with van der Waals surface area (Å²) in [7, 11) is 0. The van der Waals surface area contributed by atoms with E-state index in [1.807, 2.05) is 6.92 Å². The van der Waals surface area contributed by atoms with Gasteiger partial charge in [0.05, 0.1) is 6.10 Å². The number of hydrogen-bond acceptors (Lipinski definition) is 1. The Balaban J connectivity index is 2.44. The largest absolute Gasteiger partial charge is 0.850 e. The van der Waals surface area contributed by atoms with E-state index in [1.165, 1.54) is 0 Å². The first kappa shape index (κ1) is 8.52. The van der Waals surface area contributed by atoms with Crippen LogP contribution in [-0.4, -0.2) is 12.2 Å². The van der Waals surface area contributed by atoms with E-state index < -0.39 is 12.2 Å². The SMILES string of the molecule is CC1(C)[C@H]2CC[C@]1(C)C([O-])C2[O]. The summed E-state index contributed by atoms with van der Waals surface area (Å²) in [6, 6.07) is 0. The molecule has 0 aliphatic heterocycles. The molecule has 0 saturated heterocycles. The maximum Gasteiger partial charge on any atom is 0.0845 e. The van der Waals surface area contributed by atoms with Crippen LogP contribution in [0.3, 0.4) is 0 Å². The Kier molecular flexibility index (Phi) is 1.45. The molecule has 69 valence electrons. The van der Waals surface area contributed by atoms with Crippen LogP contribution in [-0.2, 0) is 5.11 Å². The van der Waals surface area contributed by atoms with E-state index >= 15 is 0 Å². The van der Waals surface area contributed by atoms with Gasteiger partial charge in [0.1, 0.15) is 0 Å². The van der Waals surface area contributed by atoms with Gasteiger partial charge in [-0.1, -0.05) is 26.9 Å². The van der Waals surface area contributed by atoms with E-state index in [4.69, 9.17) is 0 Å². The number of fused-ring (bicyclic) bond motifs is 2. The lowest BCUT2D eigenvalue weighted by Gasteiger charge is -2.43. The molecule has 2 bridgehead atoms. The third-order valence-electron chi connectivity index (χ3n) is 4.70. The second-order valence-electron chi connectivity index (χ2n) is 5.17. The van der Waals surface area contributed by atoms with Gasteiger partial charge < -0.3 is 5.11 Å². The van der Waals surface area contributed by atoms with Gasteiger partial charge in [0.25, 0.3) is 0 Å². The van der Waals surface area contributed by atoms with Gasteiger partial charge in [-0.15, -0.1) is 0 Å². The van der Waals surface area contributed by atoms with Gasteiger partial charge in [0, 0.05) is 0 Å². The fourth-order valence-corrected chi connectivity index (χ4v) is 3.22. The van der Waals surface area contributed by atoms with Crippen LogP contribution < -0.4 is 5.11 Å². The van der Waals surface area contributed by atoms with Crippen molar-refractivity contribution in [1.29, 1.82) is 0 Å². The molecule has 1 radical (unpaired) electrons. The van der Waals surface area contributed by atoms with Crippen molar-refractivity contribution < 1.29 is 10.2 Å². The molecule has 0 aromatic heterocycles. The van der Waals surface area contributed by atoms with Crippen molar-refractivity contribution in [2.75, 3.05) is 0 Å². The molecular weight excluding hydrogens is 152 g/mol. The Morgan fingerprint density at radius 1 is 1.33 bits per heavy atom. The van der Waals surface area contributed by atoms with Crippen molar-refractivity contribution in [3.8, 4) is 0 Å². The van der Waals surface area contributed by atoms with Gasteiger partial charge in [-0.2, -0.15) is 0 Å². The van der Waals surface area contributed by atoms with Crippen molar-refractivity contribution in [1.82, 2.24) is 0 Å². The van der Waals surface area contributed by atoms with Crippen molar-refractivity contribution in [3.05, 3.63) is 0 Å². The van der Waals surface area contributed by atoms with E-state index in [1.54, 1.807) is 0 Å². The Labute approximate surface area is 73.6 Å². The van der Waals surface area contributed by atoms with Gasteiger partial charge >= 0.3 is 0 Å². The summed E-state index contributed by atoms with van der Waals surface area (Å²) >= 11 is 0. The van der Waals surface area contributed by atoms with Crippen molar-refractivity contribution in [2.24, 2.45) is 16.7 Å². The molecule has 2 heteroatoms. The fraction of sp³-hybridized carbons (Fsp3) is 1.00. The van der Waals surface area contributed by atoms with Crippen LogP contribution in [0.1, 0.15) is 33.6 Å². The molecule has 0 spiro atoms. The predicted molar refractivity (Wildman–Crippen MR) is 42.9 cm³/mol. The van der Waals surface area contributed by atoms with Crippen LogP contribution >= 0.6 is 0 Å². The Morgan fingerprint density at radius 3 is 2.17 bits per heavy atom. The standard InChI is InChI=1S/C10H16O2/c1-9(2)6-4-5-10(9,3)8(12)7(6)11/h6-8H,4-5H2,1-3H3/q-1/t6-,7?,8?,10+/m0/s1. The Morgan fingerprint density at radius 2 is 1.92 bits per heavy atom. The van der Waals surface area contributed by atoms with E-state index in [2.05, 4.69) is 13.8 Å². The van der Waals surface area contributed by atoms with Gasteiger partial charge in [0.2, 0.25) is 0 Å². The van der Waals surface area contributed by atoms with Crippen LogP contribution in [0.2, 0.25) is 0 Å². The zero-order chi connectivity index (χ0) is 9.15. The minimum Gasteiger partial charge on any atom is -0.850 e. The second-order valence-corrected chi connectivity index (χ2v) is 5.17. The maximum atomic E-state index is 11.7. The van der Waals surface area contributed by atoms with E-state index in [-0.39, 0.29) is 16.7 Å². The molecule has 0 amide bonds. The van der Waals surface area contributed by atoms with Crippen LogP contribution in [0, 0.1) is 16.7 Å². The normalized spacial score (nSPS) is 56.2. The van der Waals surface area contributed by atoms with Crippen molar-refractivity contribution in [3.63, 3.8) is 0 Å². The van der Waals surface area contributed by atoms with E-state index in [9.17, 15) is 10.2 Å². The van der Waals surface area contributed by atoms with Crippen molar-refractivity contribution >= 4 is 0 Å². The van der Waals surface area contributed by atoms with Crippen LogP contribution in [0.5, 0.6) is 0 Å². The average Bonchev–Trinajstić information content (AvgIpc) is 2.26. The molecule has 0 aromatic rings. The number of rotatable bonds is 0. The van der Waals surface area contributed by atoms with E-state index in [0.717, 1.165) is 12.8 Å². The third kappa shape index (κ3) is 0.647. The fourth-order valence-electron chi connectivity index (χ4n) is 3.22. The first-order valence-electron chi connectivity index (χ1n) is 4.73. The third-order valence-corrected chi connectivity index (χ3v) is 4.70. The minimum atomic E-state index is -0.869. The lowest BCUT2D eigenvalue weighted by atomic mass is 9.70. The Hall–Kier alpha value is -0.0800. The van der Waals surface area contributed by atoms with E-state index in [0.29, 0.717) is 0 Å². The van der Waals surface area contributed by atoms with Crippen LogP contribution in [0.25, 0.3) is 0 Å². The lowest BCUT2D eigenvalue weighted by molar-refractivity contribution is -0.464. The smallest absolute Gasteiger partial charge is 0.0845 e. The monoisotopic (exact) mass is 168 g/mol. The summed E-state index contributed by atoms with van der Waals surface area (Å²) < 4.78 is 0. The highest BCUT2D eigenvalue weighted by atomic mass is 16.3. The molecule has 2 rings (SSSR count). The molecular formula is C10H16O2-. The summed E-state index contributed by atoms with van der Waals surface area (Å²) in [4.78, 5) is 0. The minimum absolute atomic E-state index is 0.0220.